The van der Waals surface area contributed by atoms with E-state index in [9.17, 15) is 0 Å². The first-order valence-electron chi connectivity index (χ1n) is 8.90. The molecule has 0 bridgehead atoms. The maximum Gasteiger partial charge on any atom is 0.0685 e. The molecule has 1 heterocycles. The average Bonchev–Trinajstić information content (AvgIpc) is 2.48. The minimum Gasteiger partial charge on any atom is -0.375 e. The van der Waals surface area contributed by atoms with Gasteiger partial charge in [-0.1, -0.05) is 20.8 Å². The second-order valence-corrected chi connectivity index (χ2v) is 7.17. The van der Waals surface area contributed by atoms with E-state index in [-0.39, 0.29) is 11.1 Å². The van der Waals surface area contributed by atoms with Crippen molar-refractivity contribution in [3.05, 3.63) is 0 Å². The fourth-order valence-electron chi connectivity index (χ4n) is 4.68. The van der Waals surface area contributed by atoms with Gasteiger partial charge in [-0.05, 0) is 64.5 Å². The Bertz CT molecular complexity index is 328. The molecule has 0 radical (unpaired) electrons. The minimum atomic E-state index is 0.116. The van der Waals surface area contributed by atoms with Crippen molar-refractivity contribution >= 4 is 0 Å². The molecule has 3 unspecified atom stereocenters. The third kappa shape index (κ3) is 3.14. The van der Waals surface area contributed by atoms with Crippen LogP contribution in [0.5, 0.6) is 0 Å². The summed E-state index contributed by atoms with van der Waals surface area (Å²) in [6, 6.07) is 0.337. The lowest BCUT2D eigenvalue weighted by atomic mass is 9.67. The Labute approximate surface area is 130 Å². The third-order valence-electron chi connectivity index (χ3n) is 6.32. The Morgan fingerprint density at radius 3 is 2.43 bits per heavy atom. The second kappa shape index (κ2) is 6.95. The van der Waals surface area contributed by atoms with Crippen LogP contribution in [0.1, 0.15) is 66.2 Å². The predicted octanol–water partition coefficient (Wildman–Crippen LogP) is 2.68. The number of nitrogens with zero attached hydrogens (tertiary/aromatic N) is 1. The highest BCUT2D eigenvalue weighted by molar-refractivity contribution is 5.03. The predicted molar refractivity (Wildman–Crippen MR) is 88.0 cm³/mol. The van der Waals surface area contributed by atoms with Crippen molar-refractivity contribution in [2.75, 3.05) is 19.7 Å². The summed E-state index contributed by atoms with van der Waals surface area (Å²) in [4.78, 5) is 2.57. The van der Waals surface area contributed by atoms with Crippen molar-refractivity contribution in [3.63, 3.8) is 0 Å². The van der Waals surface area contributed by atoms with Crippen LogP contribution in [0.2, 0.25) is 0 Å². The van der Waals surface area contributed by atoms with Crippen molar-refractivity contribution in [3.8, 4) is 0 Å². The van der Waals surface area contributed by atoms with Crippen molar-refractivity contribution in [2.45, 2.75) is 83.4 Å². The molecular weight excluding hydrogens is 262 g/mol. The molecule has 2 fully saturated rings. The molecule has 0 amide bonds. The van der Waals surface area contributed by atoms with E-state index in [2.05, 4.69) is 38.0 Å². The molecule has 0 aromatic heterocycles. The van der Waals surface area contributed by atoms with Crippen LogP contribution in [0.25, 0.3) is 0 Å². The van der Waals surface area contributed by atoms with Gasteiger partial charge >= 0.3 is 0 Å². The molecule has 1 aliphatic heterocycles. The van der Waals surface area contributed by atoms with Crippen LogP contribution in [0.15, 0.2) is 0 Å². The highest BCUT2D eigenvalue weighted by Crippen LogP contribution is 2.46. The van der Waals surface area contributed by atoms with Gasteiger partial charge in [0, 0.05) is 18.2 Å². The number of hydrazine groups is 1. The Morgan fingerprint density at radius 2 is 2.00 bits per heavy atom. The maximum absolute atomic E-state index is 6.10. The van der Waals surface area contributed by atoms with Crippen molar-refractivity contribution in [2.24, 2.45) is 11.8 Å². The van der Waals surface area contributed by atoms with Crippen LogP contribution in [0.3, 0.4) is 0 Å². The summed E-state index contributed by atoms with van der Waals surface area (Å²) < 4.78 is 6.10. The molecule has 0 aromatic rings. The molecule has 2 rings (SSSR count). The van der Waals surface area contributed by atoms with Gasteiger partial charge in [0.1, 0.15) is 0 Å². The number of hydrogen-bond donors (Lipinski definition) is 2. The smallest absolute Gasteiger partial charge is 0.0685 e. The van der Waals surface area contributed by atoms with Gasteiger partial charge in [-0.3, -0.25) is 16.2 Å². The van der Waals surface area contributed by atoms with Crippen molar-refractivity contribution < 1.29 is 4.74 Å². The van der Waals surface area contributed by atoms with Gasteiger partial charge < -0.3 is 4.74 Å². The van der Waals surface area contributed by atoms with Gasteiger partial charge in [-0.25, -0.2) is 0 Å². The molecule has 1 saturated heterocycles. The highest BCUT2D eigenvalue weighted by atomic mass is 16.5. The quantitative estimate of drug-likeness (QED) is 0.560. The number of hydrogen-bond acceptors (Lipinski definition) is 4. The van der Waals surface area contributed by atoms with Crippen LogP contribution < -0.4 is 11.3 Å². The summed E-state index contributed by atoms with van der Waals surface area (Å²) >= 11 is 0. The monoisotopic (exact) mass is 297 g/mol. The van der Waals surface area contributed by atoms with E-state index in [1.807, 2.05) is 0 Å². The Kier molecular flexibility index (Phi) is 5.69. The Balaban J connectivity index is 2.16. The molecule has 124 valence electrons. The zero-order valence-corrected chi connectivity index (χ0v) is 14.5. The first-order valence-corrected chi connectivity index (χ1v) is 8.90. The SMILES string of the molecule is CCN(CC)C(C)(CC)C(NN)C1CCOC2(CCC2)C1. The number of nitrogens with one attached hydrogen (secondary N) is 1. The average molecular weight is 297 g/mol. The fraction of sp³-hybridized carbons (Fsp3) is 1.00. The number of nitrogens with two attached hydrogens (primary N) is 1. The van der Waals surface area contributed by atoms with Gasteiger partial charge in [0.15, 0.2) is 0 Å². The molecule has 4 heteroatoms. The molecule has 4 nitrogen and oxygen atoms in total. The van der Waals surface area contributed by atoms with Gasteiger partial charge in [-0.2, -0.15) is 0 Å². The van der Waals surface area contributed by atoms with Crippen LogP contribution in [-0.2, 0) is 4.74 Å². The lowest BCUT2D eigenvalue weighted by Crippen LogP contribution is -2.65. The molecule has 3 atom stereocenters. The molecule has 0 aromatic carbocycles. The first-order chi connectivity index (χ1) is 10.0. The number of ether oxygens (including phenoxy) is 1. The highest BCUT2D eigenvalue weighted by Gasteiger charge is 2.48. The minimum absolute atomic E-state index is 0.116. The van der Waals surface area contributed by atoms with E-state index in [1.165, 1.54) is 25.7 Å². The molecule has 3 N–H and O–H groups in total. The van der Waals surface area contributed by atoms with E-state index in [0.717, 1.165) is 32.5 Å². The maximum atomic E-state index is 6.10. The van der Waals surface area contributed by atoms with E-state index in [4.69, 9.17) is 10.6 Å². The standard InChI is InChI=1S/C17H35N3O/c1-5-16(4,20(6-2)7-3)15(19-18)14-9-12-21-17(13-14)10-8-11-17/h14-15,19H,5-13,18H2,1-4H3. The Hall–Kier alpha value is -0.160. The normalized spacial score (nSPS) is 29.1. The molecular formula is C17H35N3O. The summed E-state index contributed by atoms with van der Waals surface area (Å²) in [7, 11) is 0. The molecule has 1 spiro atoms. The van der Waals surface area contributed by atoms with Gasteiger partial charge in [0.05, 0.1) is 5.60 Å². The van der Waals surface area contributed by atoms with Crippen molar-refractivity contribution in [1.29, 1.82) is 0 Å². The zero-order chi connectivity index (χ0) is 15.5. The van der Waals surface area contributed by atoms with E-state index >= 15 is 0 Å². The molecule has 21 heavy (non-hydrogen) atoms. The molecule has 2 aliphatic rings. The van der Waals surface area contributed by atoms with E-state index in [1.54, 1.807) is 0 Å². The topological polar surface area (TPSA) is 50.5 Å². The van der Waals surface area contributed by atoms with Crippen LogP contribution in [0, 0.1) is 5.92 Å². The van der Waals surface area contributed by atoms with Crippen LogP contribution >= 0.6 is 0 Å². The van der Waals surface area contributed by atoms with Gasteiger partial charge in [-0.15, -0.1) is 0 Å². The number of rotatable bonds is 7. The summed E-state index contributed by atoms with van der Waals surface area (Å²) in [5.74, 6) is 6.66. The number of likely N-dealkylation sites (N-methyl/N-ethyl adjacent to an activating group) is 1. The van der Waals surface area contributed by atoms with E-state index < -0.39 is 0 Å². The third-order valence-corrected chi connectivity index (χ3v) is 6.32. The Morgan fingerprint density at radius 1 is 1.33 bits per heavy atom. The molecule has 1 aliphatic carbocycles. The summed E-state index contributed by atoms with van der Waals surface area (Å²) in [6.07, 6.45) is 7.25. The van der Waals surface area contributed by atoms with Gasteiger partial charge in [0.25, 0.3) is 0 Å². The lowest BCUT2D eigenvalue weighted by Gasteiger charge is -2.53. The summed E-state index contributed by atoms with van der Waals surface area (Å²) in [6.45, 7) is 12.2. The van der Waals surface area contributed by atoms with Crippen molar-refractivity contribution in [1.82, 2.24) is 10.3 Å². The fourth-order valence-corrected chi connectivity index (χ4v) is 4.68. The lowest BCUT2D eigenvalue weighted by molar-refractivity contribution is -0.153. The summed E-state index contributed by atoms with van der Waals surface area (Å²) in [5, 5.41) is 0. The van der Waals surface area contributed by atoms with Crippen LogP contribution in [-0.4, -0.2) is 41.8 Å². The largest absolute Gasteiger partial charge is 0.375 e. The van der Waals surface area contributed by atoms with Gasteiger partial charge in [0.2, 0.25) is 0 Å². The second-order valence-electron chi connectivity index (χ2n) is 7.17. The van der Waals surface area contributed by atoms with Crippen LogP contribution in [0.4, 0.5) is 0 Å². The summed E-state index contributed by atoms with van der Waals surface area (Å²) in [5.41, 5.74) is 3.51. The zero-order valence-electron chi connectivity index (χ0n) is 14.5. The van der Waals surface area contributed by atoms with E-state index in [0.29, 0.717) is 12.0 Å². The first kappa shape index (κ1) is 17.2. The molecule has 1 saturated carbocycles.